The van der Waals surface area contributed by atoms with Gasteiger partial charge >= 0.3 is 0 Å². The average molecular weight is 258 g/mol. The molecular weight excluding hydrogens is 240 g/mol. The molecule has 1 aromatic carbocycles. The summed E-state index contributed by atoms with van der Waals surface area (Å²) in [5, 5.41) is 3.31. The molecule has 0 fully saturated rings. The lowest BCUT2D eigenvalue weighted by atomic mass is 10.2. The minimum absolute atomic E-state index is 0.953. The number of hydrogen-bond donors (Lipinski definition) is 1. The van der Waals surface area contributed by atoms with Crippen molar-refractivity contribution in [1.82, 2.24) is 4.98 Å². The highest BCUT2D eigenvalue weighted by molar-refractivity contribution is 7.99. The number of anilines is 1. The molecule has 1 heterocycles. The Hall–Kier alpha value is -1.48. The first kappa shape index (κ1) is 13.0. The Morgan fingerprint density at radius 3 is 2.61 bits per heavy atom. The van der Waals surface area contributed by atoms with Crippen LogP contribution in [-0.2, 0) is 0 Å². The summed E-state index contributed by atoms with van der Waals surface area (Å²) in [4.78, 5) is 6.78. The van der Waals surface area contributed by atoms with E-state index in [-0.39, 0.29) is 0 Å². The Morgan fingerprint density at radius 2 is 1.89 bits per heavy atom. The molecule has 2 aromatic rings. The number of rotatable bonds is 5. The third kappa shape index (κ3) is 3.77. The van der Waals surface area contributed by atoms with Crippen molar-refractivity contribution in [1.29, 1.82) is 0 Å². The van der Waals surface area contributed by atoms with Crippen LogP contribution in [0.15, 0.2) is 52.4 Å². The van der Waals surface area contributed by atoms with Crippen molar-refractivity contribution in [2.24, 2.45) is 0 Å². The van der Waals surface area contributed by atoms with Crippen molar-refractivity contribution in [2.45, 2.75) is 30.1 Å². The van der Waals surface area contributed by atoms with Crippen LogP contribution in [0.3, 0.4) is 0 Å². The predicted octanol–water partition coefficient (Wildman–Crippen LogP) is 4.36. The summed E-state index contributed by atoms with van der Waals surface area (Å²) in [6.45, 7) is 5.22. The van der Waals surface area contributed by atoms with Gasteiger partial charge in [0.15, 0.2) is 0 Å². The quantitative estimate of drug-likeness (QED) is 0.862. The summed E-state index contributed by atoms with van der Waals surface area (Å²) >= 11 is 1.76. The molecule has 94 valence electrons. The minimum atomic E-state index is 0.953. The number of aryl methyl sites for hydroxylation is 1. The molecule has 0 aliphatic heterocycles. The van der Waals surface area contributed by atoms with Crippen LogP contribution < -0.4 is 5.32 Å². The molecule has 2 nitrogen and oxygen atoms in total. The first-order valence-corrected chi connectivity index (χ1v) is 7.04. The second kappa shape index (κ2) is 6.45. The van der Waals surface area contributed by atoms with Gasteiger partial charge in [0.25, 0.3) is 0 Å². The molecule has 0 bridgehead atoms. The van der Waals surface area contributed by atoms with Gasteiger partial charge in [0, 0.05) is 22.5 Å². The highest BCUT2D eigenvalue weighted by Gasteiger charge is 1.99. The van der Waals surface area contributed by atoms with Gasteiger partial charge in [0.2, 0.25) is 0 Å². The highest BCUT2D eigenvalue weighted by atomic mass is 32.2. The molecule has 3 heteroatoms. The summed E-state index contributed by atoms with van der Waals surface area (Å²) in [5.41, 5.74) is 1.29. The van der Waals surface area contributed by atoms with E-state index in [1.165, 1.54) is 15.4 Å². The van der Waals surface area contributed by atoms with Gasteiger partial charge in [-0.05, 0) is 37.6 Å². The van der Waals surface area contributed by atoms with Crippen molar-refractivity contribution in [2.75, 3.05) is 11.9 Å². The summed E-state index contributed by atoms with van der Waals surface area (Å²) < 4.78 is 0. The van der Waals surface area contributed by atoms with E-state index >= 15 is 0 Å². The lowest BCUT2D eigenvalue weighted by molar-refractivity contribution is 0.967. The van der Waals surface area contributed by atoms with Crippen molar-refractivity contribution in [3.8, 4) is 0 Å². The zero-order chi connectivity index (χ0) is 12.8. The molecule has 0 unspecified atom stereocenters. The van der Waals surface area contributed by atoms with Gasteiger partial charge < -0.3 is 5.32 Å². The molecule has 0 aliphatic carbocycles. The summed E-state index contributed by atoms with van der Waals surface area (Å²) in [7, 11) is 0. The van der Waals surface area contributed by atoms with Crippen molar-refractivity contribution < 1.29 is 0 Å². The molecule has 0 saturated heterocycles. The number of aromatic nitrogens is 1. The van der Waals surface area contributed by atoms with Gasteiger partial charge in [-0.1, -0.05) is 36.4 Å². The maximum atomic E-state index is 4.31. The molecule has 18 heavy (non-hydrogen) atoms. The number of benzene rings is 1. The smallest absolute Gasteiger partial charge is 0.127 e. The van der Waals surface area contributed by atoms with Gasteiger partial charge in [0.1, 0.15) is 5.82 Å². The van der Waals surface area contributed by atoms with Gasteiger partial charge in [-0.2, -0.15) is 0 Å². The van der Waals surface area contributed by atoms with E-state index in [9.17, 15) is 0 Å². The van der Waals surface area contributed by atoms with E-state index in [0.717, 1.165) is 18.8 Å². The number of hydrogen-bond acceptors (Lipinski definition) is 3. The van der Waals surface area contributed by atoms with E-state index < -0.39 is 0 Å². The molecule has 0 aliphatic rings. The minimum Gasteiger partial charge on any atom is -0.370 e. The molecule has 0 radical (unpaired) electrons. The summed E-state index contributed by atoms with van der Waals surface area (Å²) in [5.74, 6) is 0.953. The normalized spacial score (nSPS) is 10.3. The Morgan fingerprint density at radius 1 is 1.11 bits per heavy atom. The molecule has 0 atom stereocenters. The standard InChI is InChI=1S/C15H18N2S/c1-3-9-16-15-11-14(8-10-17-15)18-13-6-4-12(2)5-7-13/h4-8,10-11H,3,9H2,1-2H3,(H,16,17). The largest absolute Gasteiger partial charge is 0.370 e. The van der Waals surface area contributed by atoms with E-state index in [1.54, 1.807) is 11.8 Å². The Kier molecular flexibility index (Phi) is 4.65. The fourth-order valence-corrected chi connectivity index (χ4v) is 2.41. The van der Waals surface area contributed by atoms with Crippen LogP contribution in [0.25, 0.3) is 0 Å². The third-order valence-electron chi connectivity index (χ3n) is 2.54. The summed E-state index contributed by atoms with van der Waals surface area (Å²) in [6.07, 6.45) is 2.96. The maximum Gasteiger partial charge on any atom is 0.127 e. The highest BCUT2D eigenvalue weighted by Crippen LogP contribution is 2.28. The first-order chi connectivity index (χ1) is 8.78. The van der Waals surface area contributed by atoms with Crippen LogP contribution in [0.4, 0.5) is 5.82 Å². The summed E-state index contributed by atoms with van der Waals surface area (Å²) in [6, 6.07) is 12.7. The van der Waals surface area contributed by atoms with Gasteiger partial charge in [-0.15, -0.1) is 0 Å². The third-order valence-corrected chi connectivity index (χ3v) is 3.54. The zero-order valence-corrected chi connectivity index (χ0v) is 11.6. The molecule has 1 aromatic heterocycles. The molecule has 1 N–H and O–H groups in total. The van der Waals surface area contributed by atoms with E-state index in [2.05, 4.69) is 54.5 Å². The fourth-order valence-electron chi connectivity index (χ4n) is 1.57. The Balaban J connectivity index is 2.06. The van der Waals surface area contributed by atoms with Crippen LogP contribution in [0.5, 0.6) is 0 Å². The topological polar surface area (TPSA) is 24.9 Å². The molecule has 0 spiro atoms. The average Bonchev–Trinajstić information content (AvgIpc) is 2.40. The molecule has 0 amide bonds. The molecule has 0 saturated carbocycles. The van der Waals surface area contributed by atoms with E-state index in [0.29, 0.717) is 0 Å². The second-order valence-corrected chi connectivity index (χ2v) is 5.37. The van der Waals surface area contributed by atoms with E-state index in [1.807, 2.05) is 12.3 Å². The van der Waals surface area contributed by atoms with Crippen molar-refractivity contribution in [3.05, 3.63) is 48.2 Å². The predicted molar refractivity (Wildman–Crippen MR) is 78.3 cm³/mol. The first-order valence-electron chi connectivity index (χ1n) is 6.22. The molecule has 2 rings (SSSR count). The fraction of sp³-hybridized carbons (Fsp3) is 0.267. The maximum absolute atomic E-state index is 4.31. The Bertz CT molecular complexity index is 494. The van der Waals surface area contributed by atoms with Crippen LogP contribution in [0.2, 0.25) is 0 Å². The van der Waals surface area contributed by atoms with Crippen LogP contribution in [0.1, 0.15) is 18.9 Å². The van der Waals surface area contributed by atoms with Crippen molar-refractivity contribution in [3.63, 3.8) is 0 Å². The van der Waals surface area contributed by atoms with Crippen LogP contribution >= 0.6 is 11.8 Å². The van der Waals surface area contributed by atoms with Gasteiger partial charge in [-0.25, -0.2) is 4.98 Å². The van der Waals surface area contributed by atoms with Gasteiger partial charge in [-0.3, -0.25) is 0 Å². The Labute approximate surface area is 113 Å². The van der Waals surface area contributed by atoms with E-state index in [4.69, 9.17) is 0 Å². The van der Waals surface area contributed by atoms with Crippen LogP contribution in [-0.4, -0.2) is 11.5 Å². The number of nitrogens with zero attached hydrogens (tertiary/aromatic N) is 1. The SMILES string of the molecule is CCCNc1cc(Sc2ccc(C)cc2)ccn1. The molecular formula is C15H18N2S. The lowest BCUT2D eigenvalue weighted by Crippen LogP contribution is -2.01. The number of nitrogens with one attached hydrogen (secondary N) is 1. The number of pyridine rings is 1. The zero-order valence-electron chi connectivity index (χ0n) is 10.8. The monoisotopic (exact) mass is 258 g/mol. The second-order valence-electron chi connectivity index (χ2n) is 4.22. The van der Waals surface area contributed by atoms with Crippen LogP contribution in [0, 0.1) is 6.92 Å². The van der Waals surface area contributed by atoms with Crippen molar-refractivity contribution >= 4 is 17.6 Å². The van der Waals surface area contributed by atoms with Gasteiger partial charge in [0.05, 0.1) is 0 Å². The lowest BCUT2D eigenvalue weighted by Gasteiger charge is -2.06.